The first kappa shape index (κ1) is 15.5. The van der Waals surface area contributed by atoms with Crippen molar-refractivity contribution in [1.29, 1.82) is 0 Å². The first-order chi connectivity index (χ1) is 9.69. The molecule has 1 aliphatic rings. The molecular formula is C14H23BrN4O. The van der Waals surface area contributed by atoms with Gasteiger partial charge in [0.2, 0.25) is 11.8 Å². The topological polar surface area (TPSA) is 41.5 Å². The number of halogens is 1. The number of alkyl halides is 1. The summed E-state index contributed by atoms with van der Waals surface area (Å²) in [6, 6.07) is 1.82. The van der Waals surface area contributed by atoms with Gasteiger partial charge >= 0.3 is 0 Å². The SMILES string of the molecule is CC(C)Oc1ccnc(N2CCCN(CCBr)CC2)n1. The van der Waals surface area contributed by atoms with Gasteiger partial charge in [0.15, 0.2) is 0 Å². The third kappa shape index (κ3) is 4.59. The van der Waals surface area contributed by atoms with Gasteiger partial charge in [0.1, 0.15) is 0 Å². The maximum Gasteiger partial charge on any atom is 0.228 e. The Bertz CT molecular complexity index is 416. The van der Waals surface area contributed by atoms with E-state index in [0.29, 0.717) is 5.88 Å². The van der Waals surface area contributed by atoms with Gasteiger partial charge in [-0.05, 0) is 26.8 Å². The monoisotopic (exact) mass is 342 g/mol. The van der Waals surface area contributed by atoms with Crippen LogP contribution >= 0.6 is 15.9 Å². The minimum Gasteiger partial charge on any atom is -0.475 e. The van der Waals surface area contributed by atoms with Crippen molar-refractivity contribution in [2.75, 3.05) is 43.0 Å². The molecule has 6 heteroatoms. The summed E-state index contributed by atoms with van der Waals surface area (Å²) in [6.45, 7) is 9.29. The predicted octanol–water partition coefficient (Wildman–Crippen LogP) is 2.17. The second-order valence-corrected chi connectivity index (χ2v) is 6.03. The van der Waals surface area contributed by atoms with E-state index < -0.39 is 0 Å². The fourth-order valence-electron chi connectivity index (χ4n) is 2.31. The lowest BCUT2D eigenvalue weighted by atomic mass is 10.4. The molecule has 0 radical (unpaired) electrons. The van der Waals surface area contributed by atoms with Crippen molar-refractivity contribution in [2.24, 2.45) is 0 Å². The van der Waals surface area contributed by atoms with Crippen LogP contribution in [0.1, 0.15) is 20.3 Å². The number of hydrogen-bond donors (Lipinski definition) is 0. The van der Waals surface area contributed by atoms with Crippen molar-refractivity contribution < 1.29 is 4.74 Å². The molecule has 1 saturated heterocycles. The molecule has 0 aromatic carbocycles. The molecule has 0 unspecified atom stereocenters. The number of aromatic nitrogens is 2. The summed E-state index contributed by atoms with van der Waals surface area (Å²) >= 11 is 3.51. The average molecular weight is 343 g/mol. The highest BCUT2D eigenvalue weighted by molar-refractivity contribution is 9.09. The standard InChI is InChI=1S/C14H23BrN4O/c1-12(2)20-13-4-6-16-14(17-13)19-8-3-7-18(9-5-15)10-11-19/h4,6,12H,3,5,7-11H2,1-2H3. The van der Waals surface area contributed by atoms with E-state index >= 15 is 0 Å². The number of rotatable bonds is 5. The van der Waals surface area contributed by atoms with Crippen LogP contribution in [0, 0.1) is 0 Å². The average Bonchev–Trinajstić information content (AvgIpc) is 2.64. The van der Waals surface area contributed by atoms with Crippen LogP contribution in [-0.4, -0.2) is 59.0 Å². The van der Waals surface area contributed by atoms with Gasteiger partial charge in [-0.25, -0.2) is 4.98 Å². The van der Waals surface area contributed by atoms with Gasteiger partial charge in [-0.2, -0.15) is 4.98 Å². The Morgan fingerprint density at radius 2 is 2.15 bits per heavy atom. The zero-order valence-corrected chi connectivity index (χ0v) is 13.8. The summed E-state index contributed by atoms with van der Waals surface area (Å²) in [5.41, 5.74) is 0. The molecule has 5 nitrogen and oxygen atoms in total. The molecular weight excluding hydrogens is 320 g/mol. The molecule has 1 aliphatic heterocycles. The molecule has 1 aromatic rings. The molecule has 0 saturated carbocycles. The molecule has 0 bridgehead atoms. The minimum atomic E-state index is 0.135. The summed E-state index contributed by atoms with van der Waals surface area (Å²) in [5.74, 6) is 1.44. The lowest BCUT2D eigenvalue weighted by Crippen LogP contribution is -2.32. The van der Waals surface area contributed by atoms with Crippen molar-refractivity contribution in [2.45, 2.75) is 26.4 Å². The Balaban J connectivity index is 2.00. The maximum atomic E-state index is 5.64. The molecule has 0 atom stereocenters. The van der Waals surface area contributed by atoms with E-state index in [1.54, 1.807) is 6.20 Å². The number of ether oxygens (including phenoxy) is 1. The molecule has 1 aromatic heterocycles. The third-order valence-electron chi connectivity index (χ3n) is 3.25. The molecule has 2 heterocycles. The van der Waals surface area contributed by atoms with Crippen LogP contribution in [0.2, 0.25) is 0 Å². The van der Waals surface area contributed by atoms with Crippen LogP contribution in [0.5, 0.6) is 5.88 Å². The lowest BCUT2D eigenvalue weighted by molar-refractivity contribution is 0.232. The Morgan fingerprint density at radius 3 is 2.90 bits per heavy atom. The van der Waals surface area contributed by atoms with Crippen LogP contribution in [0.15, 0.2) is 12.3 Å². The van der Waals surface area contributed by atoms with E-state index in [4.69, 9.17) is 4.74 Å². The number of anilines is 1. The van der Waals surface area contributed by atoms with E-state index in [1.807, 2.05) is 19.9 Å². The van der Waals surface area contributed by atoms with Crippen molar-refractivity contribution in [1.82, 2.24) is 14.9 Å². The first-order valence-corrected chi connectivity index (χ1v) is 8.34. The summed E-state index contributed by atoms with van der Waals surface area (Å²) in [5, 5.41) is 1.03. The Kier molecular flexibility index (Phi) is 6.04. The second kappa shape index (κ2) is 7.78. The molecule has 2 rings (SSSR count). The second-order valence-electron chi connectivity index (χ2n) is 5.23. The van der Waals surface area contributed by atoms with Crippen LogP contribution < -0.4 is 9.64 Å². The van der Waals surface area contributed by atoms with Gasteiger partial charge < -0.3 is 14.5 Å². The summed E-state index contributed by atoms with van der Waals surface area (Å²) in [4.78, 5) is 13.6. The summed E-state index contributed by atoms with van der Waals surface area (Å²) in [6.07, 6.45) is 3.06. The fraction of sp³-hybridized carbons (Fsp3) is 0.714. The van der Waals surface area contributed by atoms with Crippen LogP contribution in [0.25, 0.3) is 0 Å². The molecule has 0 spiro atoms. The first-order valence-electron chi connectivity index (χ1n) is 7.22. The van der Waals surface area contributed by atoms with Crippen molar-refractivity contribution in [3.8, 4) is 5.88 Å². The molecule has 0 N–H and O–H groups in total. The summed E-state index contributed by atoms with van der Waals surface area (Å²) < 4.78 is 5.64. The van der Waals surface area contributed by atoms with E-state index in [2.05, 4.69) is 35.7 Å². The van der Waals surface area contributed by atoms with Crippen LogP contribution in [0.4, 0.5) is 5.95 Å². The maximum absolute atomic E-state index is 5.64. The van der Waals surface area contributed by atoms with E-state index in [0.717, 1.165) is 50.4 Å². The molecule has 0 aliphatic carbocycles. The highest BCUT2D eigenvalue weighted by Crippen LogP contribution is 2.15. The molecule has 1 fully saturated rings. The van der Waals surface area contributed by atoms with E-state index in [9.17, 15) is 0 Å². The smallest absolute Gasteiger partial charge is 0.228 e. The normalized spacial score (nSPS) is 17.3. The molecule has 20 heavy (non-hydrogen) atoms. The van der Waals surface area contributed by atoms with Crippen LogP contribution in [0.3, 0.4) is 0 Å². The predicted molar refractivity (Wildman–Crippen MR) is 84.9 cm³/mol. The Hall–Kier alpha value is -0.880. The fourth-order valence-corrected chi connectivity index (χ4v) is 2.81. The highest BCUT2D eigenvalue weighted by atomic mass is 79.9. The van der Waals surface area contributed by atoms with Gasteiger partial charge in [-0.1, -0.05) is 15.9 Å². The lowest BCUT2D eigenvalue weighted by Gasteiger charge is -2.21. The van der Waals surface area contributed by atoms with Gasteiger partial charge in [-0.15, -0.1) is 0 Å². The van der Waals surface area contributed by atoms with Gasteiger partial charge in [0, 0.05) is 43.8 Å². The van der Waals surface area contributed by atoms with Gasteiger partial charge in [-0.3, -0.25) is 0 Å². The minimum absolute atomic E-state index is 0.135. The largest absolute Gasteiger partial charge is 0.475 e. The molecule has 0 amide bonds. The van der Waals surface area contributed by atoms with Gasteiger partial charge in [0.25, 0.3) is 0 Å². The zero-order chi connectivity index (χ0) is 14.4. The Morgan fingerprint density at radius 1 is 1.30 bits per heavy atom. The number of hydrogen-bond acceptors (Lipinski definition) is 5. The zero-order valence-electron chi connectivity index (χ0n) is 12.3. The Labute approximate surface area is 129 Å². The van der Waals surface area contributed by atoms with Crippen molar-refractivity contribution in [3.63, 3.8) is 0 Å². The molecule has 112 valence electrons. The van der Waals surface area contributed by atoms with Crippen molar-refractivity contribution >= 4 is 21.9 Å². The van der Waals surface area contributed by atoms with E-state index in [-0.39, 0.29) is 6.10 Å². The third-order valence-corrected chi connectivity index (χ3v) is 3.60. The van der Waals surface area contributed by atoms with Crippen molar-refractivity contribution in [3.05, 3.63) is 12.3 Å². The quantitative estimate of drug-likeness (QED) is 0.767. The summed E-state index contributed by atoms with van der Waals surface area (Å²) in [7, 11) is 0. The highest BCUT2D eigenvalue weighted by Gasteiger charge is 2.17. The van der Waals surface area contributed by atoms with Crippen LogP contribution in [-0.2, 0) is 0 Å². The van der Waals surface area contributed by atoms with E-state index in [1.165, 1.54) is 0 Å². The number of nitrogens with zero attached hydrogens (tertiary/aromatic N) is 4. The van der Waals surface area contributed by atoms with Gasteiger partial charge in [0.05, 0.1) is 6.10 Å².